The molecule has 0 unspecified atom stereocenters. The fourth-order valence-electron chi connectivity index (χ4n) is 1.94. The molecule has 1 N–H and O–H groups in total. The SMILES string of the molecule is COc1cccc(/C(C)=N/NC(=O)c2ccccc2OC)c1. The van der Waals surface area contributed by atoms with Gasteiger partial charge in [-0.1, -0.05) is 24.3 Å². The average molecular weight is 298 g/mol. The molecule has 0 saturated carbocycles. The first kappa shape index (κ1) is 15.6. The highest BCUT2D eigenvalue weighted by Crippen LogP contribution is 2.17. The number of hydrazone groups is 1. The number of amides is 1. The van der Waals surface area contributed by atoms with Crippen LogP contribution in [-0.4, -0.2) is 25.8 Å². The van der Waals surface area contributed by atoms with Gasteiger partial charge in [0.15, 0.2) is 0 Å². The third-order valence-electron chi connectivity index (χ3n) is 3.16. The molecule has 0 aliphatic rings. The first-order valence-electron chi connectivity index (χ1n) is 6.77. The zero-order valence-electron chi connectivity index (χ0n) is 12.8. The van der Waals surface area contributed by atoms with E-state index in [1.54, 1.807) is 31.4 Å². The highest BCUT2D eigenvalue weighted by atomic mass is 16.5. The van der Waals surface area contributed by atoms with Crippen molar-refractivity contribution >= 4 is 11.6 Å². The van der Waals surface area contributed by atoms with E-state index in [0.29, 0.717) is 17.0 Å². The first-order valence-corrected chi connectivity index (χ1v) is 6.77. The summed E-state index contributed by atoms with van der Waals surface area (Å²) >= 11 is 0. The minimum absolute atomic E-state index is 0.320. The zero-order valence-corrected chi connectivity index (χ0v) is 12.8. The van der Waals surface area contributed by atoms with Crippen molar-refractivity contribution in [3.63, 3.8) is 0 Å². The number of ether oxygens (including phenoxy) is 2. The number of nitrogens with zero attached hydrogens (tertiary/aromatic N) is 1. The number of hydrogen-bond donors (Lipinski definition) is 1. The van der Waals surface area contributed by atoms with Gasteiger partial charge >= 0.3 is 0 Å². The van der Waals surface area contributed by atoms with Crippen molar-refractivity contribution in [2.75, 3.05) is 14.2 Å². The third kappa shape index (κ3) is 3.63. The van der Waals surface area contributed by atoms with E-state index in [2.05, 4.69) is 10.5 Å². The van der Waals surface area contributed by atoms with Crippen molar-refractivity contribution in [1.82, 2.24) is 5.43 Å². The molecule has 0 spiro atoms. The fourth-order valence-corrected chi connectivity index (χ4v) is 1.94. The van der Waals surface area contributed by atoms with Crippen LogP contribution in [-0.2, 0) is 0 Å². The van der Waals surface area contributed by atoms with E-state index >= 15 is 0 Å². The molecular weight excluding hydrogens is 280 g/mol. The number of hydrogen-bond acceptors (Lipinski definition) is 4. The van der Waals surface area contributed by atoms with Crippen LogP contribution in [0.5, 0.6) is 11.5 Å². The highest BCUT2D eigenvalue weighted by Gasteiger charge is 2.10. The summed E-state index contributed by atoms with van der Waals surface area (Å²) in [5.74, 6) is 0.928. The van der Waals surface area contributed by atoms with E-state index in [0.717, 1.165) is 11.3 Å². The number of carbonyl (C=O) groups excluding carboxylic acids is 1. The van der Waals surface area contributed by atoms with Crippen molar-refractivity contribution in [3.8, 4) is 11.5 Å². The topological polar surface area (TPSA) is 59.9 Å². The second-order valence-electron chi connectivity index (χ2n) is 4.57. The lowest BCUT2D eigenvalue weighted by atomic mass is 10.1. The number of rotatable bonds is 5. The number of nitrogens with one attached hydrogen (secondary N) is 1. The maximum absolute atomic E-state index is 12.2. The number of carbonyl (C=O) groups is 1. The summed E-state index contributed by atoms with van der Waals surface area (Å²) in [5.41, 5.74) is 4.53. The van der Waals surface area contributed by atoms with Crippen LogP contribution in [0.15, 0.2) is 53.6 Å². The lowest BCUT2D eigenvalue weighted by Gasteiger charge is -2.07. The second kappa shape index (κ2) is 7.26. The molecule has 0 saturated heterocycles. The third-order valence-corrected chi connectivity index (χ3v) is 3.16. The maximum atomic E-state index is 12.2. The summed E-state index contributed by atoms with van der Waals surface area (Å²) in [6.07, 6.45) is 0. The van der Waals surface area contributed by atoms with Gasteiger partial charge < -0.3 is 9.47 Å². The molecule has 2 rings (SSSR count). The van der Waals surface area contributed by atoms with E-state index in [4.69, 9.17) is 9.47 Å². The van der Waals surface area contributed by atoms with Gasteiger partial charge in [0.05, 0.1) is 25.5 Å². The Morgan fingerprint density at radius 2 is 1.82 bits per heavy atom. The summed E-state index contributed by atoms with van der Waals surface area (Å²) in [4.78, 5) is 12.2. The summed E-state index contributed by atoms with van der Waals surface area (Å²) < 4.78 is 10.3. The van der Waals surface area contributed by atoms with Gasteiger partial charge in [0.2, 0.25) is 0 Å². The Hall–Kier alpha value is -2.82. The predicted molar refractivity (Wildman–Crippen MR) is 85.7 cm³/mol. The minimum Gasteiger partial charge on any atom is -0.497 e. The van der Waals surface area contributed by atoms with E-state index in [1.807, 2.05) is 31.2 Å². The predicted octanol–water partition coefficient (Wildman–Crippen LogP) is 2.86. The van der Waals surface area contributed by atoms with Crippen LogP contribution in [0.1, 0.15) is 22.8 Å². The first-order chi connectivity index (χ1) is 10.7. The van der Waals surface area contributed by atoms with Gasteiger partial charge in [0, 0.05) is 5.56 Å². The van der Waals surface area contributed by atoms with Crippen molar-refractivity contribution in [2.24, 2.45) is 5.10 Å². The van der Waals surface area contributed by atoms with Crippen LogP contribution in [0.2, 0.25) is 0 Å². The normalized spacial score (nSPS) is 11.0. The van der Waals surface area contributed by atoms with E-state index in [-0.39, 0.29) is 5.91 Å². The van der Waals surface area contributed by atoms with Gasteiger partial charge in [-0.05, 0) is 31.2 Å². The van der Waals surface area contributed by atoms with E-state index in [1.165, 1.54) is 7.11 Å². The summed E-state index contributed by atoms with van der Waals surface area (Å²) in [6, 6.07) is 14.5. The summed E-state index contributed by atoms with van der Waals surface area (Å²) in [6.45, 7) is 1.82. The summed E-state index contributed by atoms with van der Waals surface area (Å²) in [7, 11) is 3.13. The largest absolute Gasteiger partial charge is 0.497 e. The van der Waals surface area contributed by atoms with Crippen LogP contribution in [0, 0.1) is 0 Å². The molecule has 0 aromatic heterocycles. The second-order valence-corrected chi connectivity index (χ2v) is 4.57. The standard InChI is InChI=1S/C17H18N2O3/c1-12(13-7-6-8-14(11-13)21-2)18-19-17(20)15-9-4-5-10-16(15)22-3/h4-11H,1-3H3,(H,19,20)/b18-12+. The smallest absolute Gasteiger partial charge is 0.275 e. The Morgan fingerprint density at radius 3 is 2.55 bits per heavy atom. The van der Waals surface area contributed by atoms with E-state index in [9.17, 15) is 4.79 Å². The molecular formula is C17H18N2O3. The lowest BCUT2D eigenvalue weighted by molar-refractivity contribution is 0.0952. The highest BCUT2D eigenvalue weighted by molar-refractivity contribution is 6.01. The Bertz CT molecular complexity index is 696. The quantitative estimate of drug-likeness (QED) is 0.682. The van der Waals surface area contributed by atoms with Gasteiger partial charge in [-0.15, -0.1) is 0 Å². The van der Waals surface area contributed by atoms with Gasteiger partial charge in [-0.25, -0.2) is 5.43 Å². The fraction of sp³-hybridized carbons (Fsp3) is 0.176. The summed E-state index contributed by atoms with van der Waals surface area (Å²) in [5, 5.41) is 4.13. The molecule has 5 nitrogen and oxygen atoms in total. The van der Waals surface area contributed by atoms with Gasteiger partial charge in [0.1, 0.15) is 11.5 Å². The average Bonchev–Trinajstić information content (AvgIpc) is 2.59. The lowest BCUT2D eigenvalue weighted by Crippen LogP contribution is -2.20. The van der Waals surface area contributed by atoms with E-state index < -0.39 is 0 Å². The molecule has 114 valence electrons. The van der Waals surface area contributed by atoms with Crippen molar-refractivity contribution in [1.29, 1.82) is 0 Å². The van der Waals surface area contributed by atoms with Crippen LogP contribution in [0.25, 0.3) is 0 Å². The molecule has 2 aromatic rings. The van der Waals surface area contributed by atoms with Crippen LogP contribution in [0.3, 0.4) is 0 Å². The Balaban J connectivity index is 2.14. The molecule has 0 bridgehead atoms. The van der Waals surface area contributed by atoms with Gasteiger partial charge in [-0.3, -0.25) is 4.79 Å². The minimum atomic E-state index is -0.320. The van der Waals surface area contributed by atoms with Crippen molar-refractivity contribution in [2.45, 2.75) is 6.92 Å². The molecule has 0 heterocycles. The van der Waals surface area contributed by atoms with Crippen molar-refractivity contribution in [3.05, 3.63) is 59.7 Å². The molecule has 22 heavy (non-hydrogen) atoms. The van der Waals surface area contributed by atoms with Gasteiger partial charge in [0.25, 0.3) is 5.91 Å². The Labute approximate surface area is 129 Å². The number of benzene rings is 2. The monoisotopic (exact) mass is 298 g/mol. The number of para-hydroxylation sites is 1. The molecule has 1 amide bonds. The molecule has 0 radical (unpaired) electrons. The number of methoxy groups -OCH3 is 2. The zero-order chi connectivity index (χ0) is 15.9. The van der Waals surface area contributed by atoms with Crippen LogP contribution in [0.4, 0.5) is 0 Å². The van der Waals surface area contributed by atoms with Crippen LogP contribution < -0.4 is 14.9 Å². The molecule has 0 aliphatic heterocycles. The Morgan fingerprint density at radius 1 is 1.05 bits per heavy atom. The molecule has 0 aliphatic carbocycles. The molecule has 0 atom stereocenters. The van der Waals surface area contributed by atoms with Gasteiger partial charge in [-0.2, -0.15) is 5.10 Å². The molecule has 2 aromatic carbocycles. The maximum Gasteiger partial charge on any atom is 0.275 e. The van der Waals surface area contributed by atoms with Crippen molar-refractivity contribution < 1.29 is 14.3 Å². The molecule has 5 heteroatoms. The Kier molecular flexibility index (Phi) is 5.14. The molecule has 0 fully saturated rings. The van der Waals surface area contributed by atoms with Crippen LogP contribution >= 0.6 is 0 Å².